The number of ether oxygens (including phenoxy) is 2. The van der Waals surface area contributed by atoms with Gasteiger partial charge in [-0.05, 0) is 93.5 Å². The number of amides is 3. The van der Waals surface area contributed by atoms with Gasteiger partial charge in [0.05, 0.1) is 23.9 Å². The van der Waals surface area contributed by atoms with Crippen LogP contribution in [0.1, 0.15) is 74.2 Å². The lowest BCUT2D eigenvalue weighted by Crippen LogP contribution is -2.52. The fraction of sp³-hybridized carbons (Fsp3) is 0.556. The molecule has 5 aliphatic heterocycles. The van der Waals surface area contributed by atoms with Gasteiger partial charge in [0.1, 0.15) is 41.0 Å². The largest absolute Gasteiger partial charge is 0.496 e. The molecule has 1 saturated carbocycles. The third-order valence-corrected chi connectivity index (χ3v) is 14.0. The number of rotatable bonds is 11. The number of fused-ring (bicyclic) bond motifs is 2. The molecule has 316 valence electrons. The molecule has 3 amide bonds. The first-order chi connectivity index (χ1) is 29.2. The van der Waals surface area contributed by atoms with Crippen molar-refractivity contribution in [2.75, 3.05) is 82.4 Å². The molecule has 0 spiro atoms. The number of carbonyl (C=O) groups is 3. The lowest BCUT2D eigenvalue weighted by Gasteiger charge is -2.41. The normalized spacial score (nSPS) is 23.0. The van der Waals surface area contributed by atoms with Crippen LogP contribution in [0, 0.1) is 11.8 Å². The van der Waals surface area contributed by atoms with E-state index in [1.54, 1.807) is 18.3 Å². The third-order valence-electron chi connectivity index (χ3n) is 14.0. The average molecular weight is 817 g/mol. The van der Waals surface area contributed by atoms with Crippen LogP contribution in [0.25, 0.3) is 22.3 Å². The molecule has 1 unspecified atom stereocenters. The van der Waals surface area contributed by atoms with Crippen molar-refractivity contribution in [3.05, 3.63) is 53.9 Å². The van der Waals surface area contributed by atoms with E-state index in [0.29, 0.717) is 36.1 Å². The summed E-state index contributed by atoms with van der Waals surface area (Å²) in [5, 5.41) is 11.2. The quantitative estimate of drug-likeness (QED) is 0.206. The van der Waals surface area contributed by atoms with Crippen molar-refractivity contribution in [3.8, 4) is 22.9 Å². The fourth-order valence-corrected chi connectivity index (χ4v) is 10.1. The minimum absolute atomic E-state index is 0.0380. The molecule has 4 saturated heterocycles. The molecule has 60 heavy (non-hydrogen) atoms. The second-order valence-corrected chi connectivity index (χ2v) is 18.1. The number of benzene rings is 2. The van der Waals surface area contributed by atoms with Crippen molar-refractivity contribution in [3.63, 3.8) is 0 Å². The second kappa shape index (κ2) is 16.0. The zero-order chi connectivity index (χ0) is 41.0. The van der Waals surface area contributed by atoms with Crippen molar-refractivity contribution < 1.29 is 23.9 Å². The number of nitrogens with zero attached hydrogens (tertiary/aromatic N) is 8. The number of hydrogen-bond donors (Lipinski definition) is 2. The van der Waals surface area contributed by atoms with E-state index < -0.39 is 11.9 Å². The number of carbonyl (C=O) groups excluding carboxylic acids is 3. The standard InChI is InChI=1S/C45H56N10O5/c1-45(11-12-45)60-33-3-4-35-34(23-33)42(50-49-35)36-24-39(47-28-46-36)54-15-9-30(10-16-54)26-52-19-17-51(18-20-52)25-29-7-13-53(14-8-29)32-21-31-27-55(37-5-6-40(56)48-43(37)57)44(58)41(31)38(22-32)59-2/h3-4,21-24,28-30,37H,5-20,25-27H2,1-2H3,(H,49,50)(H,48,56,57). The average Bonchev–Trinajstić information content (AvgIpc) is 3.68. The highest BCUT2D eigenvalue weighted by atomic mass is 16.5. The van der Waals surface area contributed by atoms with Gasteiger partial charge >= 0.3 is 0 Å². The van der Waals surface area contributed by atoms with Gasteiger partial charge in [-0.15, -0.1) is 0 Å². The second-order valence-electron chi connectivity index (χ2n) is 18.1. The molecule has 4 aromatic rings. The van der Waals surface area contributed by atoms with E-state index >= 15 is 0 Å². The summed E-state index contributed by atoms with van der Waals surface area (Å²) in [6.45, 7) is 13.2. The summed E-state index contributed by atoms with van der Waals surface area (Å²) >= 11 is 0. The number of piperazine rings is 1. The van der Waals surface area contributed by atoms with E-state index in [1.165, 1.54) is 6.54 Å². The van der Waals surface area contributed by atoms with Gasteiger partial charge in [0.2, 0.25) is 11.8 Å². The van der Waals surface area contributed by atoms with E-state index in [1.807, 2.05) is 18.2 Å². The molecule has 5 fully saturated rings. The Morgan fingerprint density at radius 3 is 2.18 bits per heavy atom. The Kier molecular flexibility index (Phi) is 10.3. The molecule has 0 bridgehead atoms. The van der Waals surface area contributed by atoms with Crippen molar-refractivity contribution in [2.45, 2.75) is 76.5 Å². The Hall–Kier alpha value is -5.28. The Morgan fingerprint density at radius 2 is 1.52 bits per heavy atom. The van der Waals surface area contributed by atoms with Gasteiger partial charge in [0.25, 0.3) is 5.91 Å². The number of piperidine rings is 3. The summed E-state index contributed by atoms with van der Waals surface area (Å²) in [6, 6.07) is 11.7. The van der Waals surface area contributed by atoms with Crippen LogP contribution in [0.4, 0.5) is 11.5 Å². The van der Waals surface area contributed by atoms with Crippen molar-refractivity contribution in [1.82, 2.24) is 40.2 Å². The van der Waals surface area contributed by atoms with Crippen molar-refractivity contribution >= 4 is 40.1 Å². The number of aromatic nitrogens is 4. The zero-order valence-electron chi connectivity index (χ0n) is 34.8. The van der Waals surface area contributed by atoms with Gasteiger partial charge in [0, 0.05) is 102 Å². The van der Waals surface area contributed by atoms with Crippen LogP contribution in [0.2, 0.25) is 0 Å². The molecule has 6 aliphatic rings. The molecule has 15 nitrogen and oxygen atoms in total. The van der Waals surface area contributed by atoms with Gasteiger partial charge in [-0.2, -0.15) is 5.10 Å². The van der Waals surface area contributed by atoms with Crippen LogP contribution < -0.4 is 24.6 Å². The number of anilines is 2. The zero-order valence-corrected chi connectivity index (χ0v) is 34.8. The van der Waals surface area contributed by atoms with Gasteiger partial charge in [0.15, 0.2) is 0 Å². The van der Waals surface area contributed by atoms with Crippen LogP contribution in [0.5, 0.6) is 11.5 Å². The maximum Gasteiger partial charge on any atom is 0.258 e. The Morgan fingerprint density at radius 1 is 0.817 bits per heavy atom. The van der Waals surface area contributed by atoms with Gasteiger partial charge in [-0.3, -0.25) is 24.8 Å². The summed E-state index contributed by atoms with van der Waals surface area (Å²) in [4.78, 5) is 58.8. The van der Waals surface area contributed by atoms with Gasteiger partial charge in [-0.1, -0.05) is 0 Å². The molecule has 2 aromatic heterocycles. The summed E-state index contributed by atoms with van der Waals surface area (Å²) in [5.74, 6) is 2.86. The van der Waals surface area contributed by atoms with Crippen LogP contribution in [0.3, 0.4) is 0 Å². The summed E-state index contributed by atoms with van der Waals surface area (Å²) in [6.07, 6.45) is 9.01. The molecule has 1 atom stereocenters. The van der Waals surface area contributed by atoms with Crippen LogP contribution >= 0.6 is 0 Å². The number of hydrogen-bond acceptors (Lipinski definition) is 12. The van der Waals surface area contributed by atoms with E-state index in [-0.39, 0.29) is 23.8 Å². The lowest BCUT2D eigenvalue weighted by molar-refractivity contribution is -0.136. The molecule has 0 radical (unpaired) electrons. The Bertz CT molecular complexity index is 2270. The summed E-state index contributed by atoms with van der Waals surface area (Å²) in [5.41, 5.74) is 5.07. The number of nitrogens with one attached hydrogen (secondary N) is 2. The molecule has 1 aliphatic carbocycles. The first-order valence-corrected chi connectivity index (χ1v) is 22.0. The fourth-order valence-electron chi connectivity index (χ4n) is 10.1. The molecule has 7 heterocycles. The molecule has 2 aromatic carbocycles. The lowest BCUT2D eigenvalue weighted by atomic mass is 9.94. The highest BCUT2D eigenvalue weighted by Gasteiger charge is 2.42. The van der Waals surface area contributed by atoms with E-state index in [2.05, 4.69) is 70.2 Å². The third kappa shape index (κ3) is 7.89. The monoisotopic (exact) mass is 816 g/mol. The number of aromatic amines is 1. The first-order valence-electron chi connectivity index (χ1n) is 22.0. The summed E-state index contributed by atoms with van der Waals surface area (Å²) < 4.78 is 12.0. The van der Waals surface area contributed by atoms with E-state index in [4.69, 9.17) is 9.47 Å². The highest BCUT2D eigenvalue weighted by molar-refractivity contribution is 6.07. The molecule has 15 heteroatoms. The maximum absolute atomic E-state index is 13.5. The predicted molar refractivity (Wildman–Crippen MR) is 227 cm³/mol. The summed E-state index contributed by atoms with van der Waals surface area (Å²) in [7, 11) is 1.60. The SMILES string of the molecule is COc1cc(N2CCC(CN3CCN(CC4CCN(c5cc(-c6n[nH]c7ccc(OC8(C)CC8)cc67)ncn5)CC4)CC3)CC2)cc2c1C(=O)N(C1CCC(=O)NC1=O)C2. The van der Waals surface area contributed by atoms with Crippen LogP contribution in [-0.4, -0.2) is 137 Å². The predicted octanol–water partition coefficient (Wildman–Crippen LogP) is 4.47. The number of imide groups is 1. The number of H-pyrrole nitrogens is 1. The topological polar surface area (TPSA) is 152 Å². The maximum atomic E-state index is 13.5. The van der Waals surface area contributed by atoms with Crippen LogP contribution in [-0.2, 0) is 16.1 Å². The minimum Gasteiger partial charge on any atom is -0.496 e. The highest BCUT2D eigenvalue weighted by Crippen LogP contribution is 2.41. The number of methoxy groups -OCH3 is 1. The van der Waals surface area contributed by atoms with Crippen molar-refractivity contribution in [1.29, 1.82) is 0 Å². The van der Waals surface area contributed by atoms with Crippen molar-refractivity contribution in [2.24, 2.45) is 11.8 Å². The van der Waals surface area contributed by atoms with Gasteiger partial charge in [-0.25, -0.2) is 9.97 Å². The molecular formula is C45H56N10O5. The van der Waals surface area contributed by atoms with Gasteiger partial charge < -0.3 is 34.0 Å². The van der Waals surface area contributed by atoms with E-state index in [0.717, 1.165) is 143 Å². The molecular weight excluding hydrogens is 761 g/mol. The first kappa shape index (κ1) is 38.9. The Balaban J connectivity index is 0.672. The molecule has 10 rings (SSSR count). The molecule has 2 N–H and O–H groups in total. The Labute approximate surface area is 350 Å². The van der Waals surface area contributed by atoms with Crippen LogP contribution in [0.15, 0.2) is 42.7 Å². The minimum atomic E-state index is -0.640. The van der Waals surface area contributed by atoms with E-state index in [9.17, 15) is 14.4 Å². The smallest absolute Gasteiger partial charge is 0.258 e.